The molecule has 2 heterocycles. The number of ether oxygens (including phenoxy) is 1. The number of likely N-dealkylation sites (tertiary alicyclic amines) is 1. The van der Waals surface area contributed by atoms with Crippen molar-refractivity contribution in [3.05, 3.63) is 58.9 Å². The van der Waals surface area contributed by atoms with E-state index in [-0.39, 0.29) is 11.9 Å². The normalized spacial score (nSPS) is 14.9. The quantitative estimate of drug-likeness (QED) is 0.612. The molecule has 152 valence electrons. The molecule has 0 radical (unpaired) electrons. The number of fused-ring (bicyclic) bond motifs is 1. The second kappa shape index (κ2) is 8.74. The number of piperidine rings is 1. The van der Waals surface area contributed by atoms with E-state index < -0.39 is 0 Å². The van der Waals surface area contributed by atoms with Crippen LogP contribution in [0.15, 0.2) is 46.9 Å². The number of rotatable bonds is 5. The Kier molecular flexibility index (Phi) is 5.90. The van der Waals surface area contributed by atoms with E-state index in [0.717, 1.165) is 41.1 Å². The second-order valence-electron chi connectivity index (χ2n) is 7.32. The molecule has 29 heavy (non-hydrogen) atoms. The molecule has 1 aromatic heterocycles. The number of hydrogen-bond donors (Lipinski definition) is 1. The van der Waals surface area contributed by atoms with Gasteiger partial charge in [0.25, 0.3) is 0 Å². The van der Waals surface area contributed by atoms with Crippen LogP contribution in [0.3, 0.4) is 0 Å². The van der Waals surface area contributed by atoms with Gasteiger partial charge in [-0.05, 0) is 55.7 Å². The number of nitrogens with zero attached hydrogens (tertiary/aromatic N) is 2. The van der Waals surface area contributed by atoms with Gasteiger partial charge in [-0.3, -0.25) is 0 Å². The first-order valence-electron chi connectivity index (χ1n) is 9.87. The van der Waals surface area contributed by atoms with Crippen molar-refractivity contribution in [1.82, 2.24) is 15.2 Å². The van der Waals surface area contributed by atoms with Crippen LogP contribution in [0.1, 0.15) is 30.2 Å². The summed E-state index contributed by atoms with van der Waals surface area (Å²) in [6.45, 7) is 4.29. The molecule has 1 N–H and O–H groups in total. The summed E-state index contributed by atoms with van der Waals surface area (Å²) in [4.78, 5) is 18.8. The fourth-order valence-electron chi connectivity index (χ4n) is 3.57. The third-order valence-electron chi connectivity index (χ3n) is 5.13. The summed E-state index contributed by atoms with van der Waals surface area (Å²) in [5.41, 5.74) is 2.68. The van der Waals surface area contributed by atoms with Gasteiger partial charge >= 0.3 is 6.03 Å². The molecule has 2 aromatic carbocycles. The smallest absolute Gasteiger partial charge is 0.317 e. The number of aromatic nitrogens is 1. The highest BCUT2D eigenvalue weighted by Gasteiger charge is 2.27. The van der Waals surface area contributed by atoms with Crippen LogP contribution in [0, 0.1) is 6.92 Å². The maximum atomic E-state index is 12.4. The van der Waals surface area contributed by atoms with Gasteiger partial charge in [0.15, 0.2) is 11.5 Å². The van der Waals surface area contributed by atoms with Crippen molar-refractivity contribution in [3.8, 4) is 5.75 Å². The summed E-state index contributed by atoms with van der Waals surface area (Å²) in [7, 11) is 0. The maximum Gasteiger partial charge on any atom is 0.317 e. The highest BCUT2D eigenvalue weighted by molar-refractivity contribution is 6.31. The van der Waals surface area contributed by atoms with Crippen LogP contribution < -0.4 is 10.1 Å². The average molecular weight is 414 g/mol. The van der Waals surface area contributed by atoms with Gasteiger partial charge < -0.3 is 19.4 Å². The number of benzene rings is 2. The largest absolute Gasteiger partial charge is 0.492 e. The molecule has 1 aliphatic rings. The lowest BCUT2D eigenvalue weighted by Crippen LogP contribution is -2.45. The Bertz CT molecular complexity index is 996. The molecular weight excluding hydrogens is 390 g/mol. The molecular formula is C22H24ClN3O3. The molecule has 0 saturated carbocycles. The minimum absolute atomic E-state index is 0.0550. The summed E-state index contributed by atoms with van der Waals surface area (Å²) in [6, 6.07) is 13.3. The lowest BCUT2D eigenvalue weighted by molar-refractivity contribution is 0.175. The predicted molar refractivity (Wildman–Crippen MR) is 113 cm³/mol. The molecule has 1 fully saturated rings. The zero-order valence-corrected chi connectivity index (χ0v) is 17.1. The summed E-state index contributed by atoms with van der Waals surface area (Å²) in [6.07, 6.45) is 1.65. The van der Waals surface area contributed by atoms with Crippen LogP contribution in [0.25, 0.3) is 11.1 Å². The highest BCUT2D eigenvalue weighted by atomic mass is 35.5. The van der Waals surface area contributed by atoms with Gasteiger partial charge in [-0.1, -0.05) is 23.7 Å². The predicted octanol–water partition coefficient (Wildman–Crippen LogP) is 4.76. The topological polar surface area (TPSA) is 67.6 Å². The summed E-state index contributed by atoms with van der Waals surface area (Å²) in [5.74, 6) is 1.77. The Morgan fingerprint density at radius 2 is 2.10 bits per heavy atom. The number of urea groups is 1. The molecule has 0 unspecified atom stereocenters. The van der Waals surface area contributed by atoms with Crippen LogP contribution >= 0.6 is 11.6 Å². The van der Waals surface area contributed by atoms with Crippen LogP contribution in [-0.2, 0) is 0 Å². The lowest BCUT2D eigenvalue weighted by atomic mass is 9.97. The van der Waals surface area contributed by atoms with Crippen molar-refractivity contribution in [3.63, 3.8) is 0 Å². The van der Waals surface area contributed by atoms with Crippen molar-refractivity contribution >= 4 is 28.7 Å². The first kappa shape index (κ1) is 19.6. The monoisotopic (exact) mass is 413 g/mol. The molecule has 0 aliphatic carbocycles. The molecule has 1 aliphatic heterocycles. The molecule has 2 amide bonds. The number of amides is 2. The van der Waals surface area contributed by atoms with E-state index in [2.05, 4.69) is 10.3 Å². The number of aryl methyl sites for hydroxylation is 1. The van der Waals surface area contributed by atoms with Gasteiger partial charge in [-0.25, -0.2) is 9.78 Å². The number of carbonyl (C=O) groups is 1. The fraction of sp³-hybridized carbons (Fsp3) is 0.364. The fourth-order valence-corrected chi connectivity index (χ4v) is 3.73. The van der Waals surface area contributed by atoms with Crippen molar-refractivity contribution in [2.24, 2.45) is 0 Å². The zero-order chi connectivity index (χ0) is 20.2. The SMILES string of the molecule is Cc1cccc(OCCNC(=O)N2CCC(c3nc4cc(Cl)ccc4o3)CC2)c1. The van der Waals surface area contributed by atoms with Crippen LogP contribution in [0.2, 0.25) is 5.02 Å². The standard InChI is InChI=1S/C22H24ClN3O3/c1-15-3-2-4-18(13-15)28-12-9-24-22(27)26-10-7-16(8-11-26)21-25-19-14-17(23)5-6-20(19)29-21/h2-6,13-14,16H,7-12H2,1H3,(H,24,27). The van der Waals surface area contributed by atoms with Crippen molar-refractivity contribution in [2.45, 2.75) is 25.7 Å². The Morgan fingerprint density at radius 3 is 2.90 bits per heavy atom. The van der Waals surface area contributed by atoms with E-state index in [9.17, 15) is 4.79 Å². The zero-order valence-electron chi connectivity index (χ0n) is 16.4. The van der Waals surface area contributed by atoms with Crippen LogP contribution in [-0.4, -0.2) is 42.2 Å². The Hall–Kier alpha value is -2.73. The van der Waals surface area contributed by atoms with E-state index in [4.69, 9.17) is 20.8 Å². The van der Waals surface area contributed by atoms with Gasteiger partial charge in [0.2, 0.25) is 0 Å². The molecule has 0 atom stereocenters. The van der Waals surface area contributed by atoms with Gasteiger partial charge in [0.1, 0.15) is 17.9 Å². The first-order chi connectivity index (χ1) is 14.1. The number of oxazole rings is 1. The minimum atomic E-state index is -0.0550. The van der Waals surface area contributed by atoms with Crippen LogP contribution in [0.4, 0.5) is 4.79 Å². The molecule has 7 heteroatoms. The molecule has 4 rings (SSSR count). The molecule has 6 nitrogen and oxygen atoms in total. The summed E-state index contributed by atoms with van der Waals surface area (Å²) in [5, 5.41) is 3.58. The summed E-state index contributed by atoms with van der Waals surface area (Å²) < 4.78 is 11.6. The van der Waals surface area contributed by atoms with Gasteiger partial charge in [0, 0.05) is 24.0 Å². The van der Waals surface area contributed by atoms with E-state index >= 15 is 0 Å². The average Bonchev–Trinajstić information content (AvgIpc) is 3.14. The van der Waals surface area contributed by atoms with Crippen LogP contribution in [0.5, 0.6) is 5.75 Å². The third kappa shape index (κ3) is 4.82. The van der Waals surface area contributed by atoms with Crippen molar-refractivity contribution < 1.29 is 13.9 Å². The van der Waals surface area contributed by atoms with Gasteiger partial charge in [0.05, 0.1) is 6.54 Å². The number of nitrogens with one attached hydrogen (secondary N) is 1. The minimum Gasteiger partial charge on any atom is -0.492 e. The number of carbonyl (C=O) groups excluding carboxylic acids is 1. The van der Waals surface area contributed by atoms with Gasteiger partial charge in [-0.15, -0.1) is 0 Å². The lowest BCUT2D eigenvalue weighted by Gasteiger charge is -2.30. The first-order valence-corrected chi connectivity index (χ1v) is 10.2. The van der Waals surface area contributed by atoms with E-state index in [1.165, 1.54) is 0 Å². The van der Waals surface area contributed by atoms with E-state index in [1.54, 1.807) is 6.07 Å². The van der Waals surface area contributed by atoms with E-state index in [0.29, 0.717) is 31.3 Å². The van der Waals surface area contributed by atoms with E-state index in [1.807, 2.05) is 48.2 Å². The third-order valence-corrected chi connectivity index (χ3v) is 5.37. The second-order valence-corrected chi connectivity index (χ2v) is 7.76. The van der Waals surface area contributed by atoms with Crippen molar-refractivity contribution in [2.75, 3.05) is 26.2 Å². The molecule has 0 bridgehead atoms. The Morgan fingerprint density at radius 1 is 1.28 bits per heavy atom. The molecule has 3 aromatic rings. The maximum absolute atomic E-state index is 12.4. The molecule has 1 saturated heterocycles. The molecule has 0 spiro atoms. The van der Waals surface area contributed by atoms with Crippen molar-refractivity contribution in [1.29, 1.82) is 0 Å². The Labute approximate surface area is 174 Å². The Balaban J connectivity index is 1.22. The number of halogens is 1. The number of hydrogen-bond acceptors (Lipinski definition) is 4. The summed E-state index contributed by atoms with van der Waals surface area (Å²) >= 11 is 6.02. The highest BCUT2D eigenvalue weighted by Crippen LogP contribution is 2.30. The van der Waals surface area contributed by atoms with Gasteiger partial charge in [-0.2, -0.15) is 0 Å².